The number of rotatable bonds is 5. The highest BCUT2D eigenvalue weighted by Gasteiger charge is 2.07. The Labute approximate surface area is 175 Å². The predicted octanol–water partition coefficient (Wildman–Crippen LogP) is 4.50. The molecule has 0 saturated heterocycles. The number of oxazole rings is 1. The fourth-order valence-corrected chi connectivity index (χ4v) is 3.19. The molecule has 0 bridgehead atoms. The molecule has 1 aromatic carbocycles. The van der Waals surface area contributed by atoms with Crippen LogP contribution in [-0.2, 0) is 13.1 Å². The van der Waals surface area contributed by atoms with E-state index in [9.17, 15) is 0 Å². The van der Waals surface area contributed by atoms with Crippen LogP contribution in [0.4, 0.5) is 0 Å². The third kappa shape index (κ3) is 5.57. The summed E-state index contributed by atoms with van der Waals surface area (Å²) in [5.41, 5.74) is 3.03. The molecule has 138 valence electrons. The third-order valence-electron chi connectivity index (χ3n) is 3.74. The van der Waals surface area contributed by atoms with Gasteiger partial charge in [0.25, 0.3) is 0 Å². The van der Waals surface area contributed by atoms with Crippen LogP contribution in [0.15, 0.2) is 52.1 Å². The number of aromatic nitrogens is 1. The first kappa shape index (κ1) is 20.4. The second-order valence-corrected chi connectivity index (χ2v) is 7.17. The first-order valence-electron chi connectivity index (χ1n) is 8.15. The second-order valence-electron chi connectivity index (χ2n) is 5.80. The van der Waals surface area contributed by atoms with E-state index in [1.807, 2.05) is 12.1 Å². The van der Waals surface area contributed by atoms with Crippen LogP contribution in [-0.4, -0.2) is 18.0 Å². The molecule has 0 aliphatic rings. The number of nitrogens with one attached hydrogen (secondary N) is 2. The Hall–Kier alpha value is -1.87. The van der Waals surface area contributed by atoms with Crippen LogP contribution in [0.25, 0.3) is 11.5 Å². The number of halogens is 1. The van der Waals surface area contributed by atoms with Gasteiger partial charge in [0, 0.05) is 22.4 Å². The molecular weight excluding hydrogens is 459 g/mol. The zero-order chi connectivity index (χ0) is 17.6. The minimum absolute atomic E-state index is 0. The molecule has 3 aromatic rings. The lowest BCUT2D eigenvalue weighted by atomic mass is 10.1. The van der Waals surface area contributed by atoms with E-state index >= 15 is 0 Å². The van der Waals surface area contributed by atoms with E-state index in [0.29, 0.717) is 12.4 Å². The van der Waals surface area contributed by atoms with Crippen LogP contribution >= 0.6 is 35.3 Å². The molecule has 0 aliphatic carbocycles. The zero-order valence-corrected chi connectivity index (χ0v) is 18.2. The molecule has 0 atom stereocenters. The van der Waals surface area contributed by atoms with Gasteiger partial charge in [-0.05, 0) is 38.1 Å². The summed E-state index contributed by atoms with van der Waals surface area (Å²) in [4.78, 5) is 11.4. The second kappa shape index (κ2) is 9.72. The predicted molar refractivity (Wildman–Crippen MR) is 118 cm³/mol. The van der Waals surface area contributed by atoms with Crippen molar-refractivity contribution in [3.05, 3.63) is 63.7 Å². The molecule has 7 heteroatoms. The number of nitrogens with zero attached hydrogens (tertiary/aromatic N) is 2. The molecule has 3 rings (SSSR count). The lowest BCUT2D eigenvalue weighted by Crippen LogP contribution is -2.36. The molecule has 0 spiro atoms. The van der Waals surface area contributed by atoms with Crippen molar-refractivity contribution >= 4 is 41.3 Å². The Kier molecular flexibility index (Phi) is 7.65. The molecule has 0 unspecified atom stereocenters. The molecule has 0 aliphatic heterocycles. The van der Waals surface area contributed by atoms with E-state index in [-0.39, 0.29) is 24.0 Å². The third-order valence-corrected chi connectivity index (χ3v) is 4.74. The topological polar surface area (TPSA) is 62.5 Å². The van der Waals surface area contributed by atoms with E-state index in [2.05, 4.69) is 58.7 Å². The van der Waals surface area contributed by atoms with E-state index in [0.717, 1.165) is 23.8 Å². The number of guanidine groups is 1. The van der Waals surface area contributed by atoms with Crippen LogP contribution in [0.2, 0.25) is 0 Å². The molecule has 2 heterocycles. The van der Waals surface area contributed by atoms with Gasteiger partial charge in [-0.3, -0.25) is 4.99 Å². The van der Waals surface area contributed by atoms with Gasteiger partial charge in [0.1, 0.15) is 6.26 Å². The summed E-state index contributed by atoms with van der Waals surface area (Å²) in [5.74, 6) is 1.37. The Morgan fingerprint density at radius 3 is 2.46 bits per heavy atom. The van der Waals surface area contributed by atoms with Crippen molar-refractivity contribution < 1.29 is 4.42 Å². The van der Waals surface area contributed by atoms with Gasteiger partial charge >= 0.3 is 0 Å². The smallest absolute Gasteiger partial charge is 0.226 e. The molecular formula is C19H23IN4OS. The van der Waals surface area contributed by atoms with Crippen molar-refractivity contribution in [2.24, 2.45) is 4.99 Å². The quantitative estimate of drug-likeness (QED) is 0.319. The van der Waals surface area contributed by atoms with Crippen LogP contribution in [0, 0.1) is 13.8 Å². The molecule has 0 amide bonds. The van der Waals surface area contributed by atoms with E-state index < -0.39 is 0 Å². The number of hydrogen-bond acceptors (Lipinski definition) is 4. The van der Waals surface area contributed by atoms with Gasteiger partial charge in [0.2, 0.25) is 5.89 Å². The fourth-order valence-electron chi connectivity index (χ4n) is 2.36. The first-order valence-corrected chi connectivity index (χ1v) is 8.97. The van der Waals surface area contributed by atoms with Crippen molar-refractivity contribution in [2.45, 2.75) is 26.9 Å². The maximum Gasteiger partial charge on any atom is 0.226 e. The van der Waals surface area contributed by atoms with Gasteiger partial charge in [0.15, 0.2) is 5.96 Å². The SMILES string of the molecule is CN=C(NCc1coc(-c2ccc(C)cc2)n1)NCc1ccc(C)s1.I. The summed E-state index contributed by atoms with van der Waals surface area (Å²) in [5, 5.41) is 6.56. The van der Waals surface area contributed by atoms with Crippen LogP contribution in [0.5, 0.6) is 0 Å². The highest BCUT2D eigenvalue weighted by Crippen LogP contribution is 2.19. The summed E-state index contributed by atoms with van der Waals surface area (Å²) in [6.45, 7) is 5.48. The van der Waals surface area contributed by atoms with Crippen molar-refractivity contribution in [1.82, 2.24) is 15.6 Å². The minimum atomic E-state index is 0. The van der Waals surface area contributed by atoms with Crippen molar-refractivity contribution in [3.63, 3.8) is 0 Å². The van der Waals surface area contributed by atoms with Crippen LogP contribution < -0.4 is 10.6 Å². The minimum Gasteiger partial charge on any atom is -0.444 e. The molecule has 5 nitrogen and oxygen atoms in total. The number of hydrogen-bond donors (Lipinski definition) is 2. The van der Waals surface area contributed by atoms with Crippen molar-refractivity contribution in [3.8, 4) is 11.5 Å². The highest BCUT2D eigenvalue weighted by atomic mass is 127. The monoisotopic (exact) mass is 482 g/mol. The molecule has 0 fully saturated rings. The largest absolute Gasteiger partial charge is 0.444 e. The normalized spacial score (nSPS) is 11.1. The zero-order valence-electron chi connectivity index (χ0n) is 15.1. The average molecular weight is 482 g/mol. The van der Waals surface area contributed by atoms with Crippen LogP contribution in [0.3, 0.4) is 0 Å². The van der Waals surface area contributed by atoms with Gasteiger partial charge in [0.05, 0.1) is 18.8 Å². The van der Waals surface area contributed by atoms with E-state index in [1.54, 1.807) is 24.6 Å². The van der Waals surface area contributed by atoms with Crippen molar-refractivity contribution in [1.29, 1.82) is 0 Å². The number of aryl methyl sites for hydroxylation is 2. The lowest BCUT2D eigenvalue weighted by molar-refractivity contribution is 0.572. The summed E-state index contributed by atoms with van der Waals surface area (Å²) in [6, 6.07) is 12.4. The fraction of sp³-hybridized carbons (Fsp3) is 0.263. The summed E-state index contributed by atoms with van der Waals surface area (Å²) in [6.07, 6.45) is 1.68. The van der Waals surface area contributed by atoms with E-state index in [1.165, 1.54) is 15.3 Å². The number of thiophene rings is 1. The maximum absolute atomic E-state index is 5.58. The Balaban J connectivity index is 0.00000243. The molecule has 2 aromatic heterocycles. The van der Waals surface area contributed by atoms with Crippen molar-refractivity contribution in [2.75, 3.05) is 7.05 Å². The first-order chi connectivity index (χ1) is 12.1. The number of benzene rings is 1. The van der Waals surface area contributed by atoms with E-state index in [4.69, 9.17) is 4.42 Å². The lowest BCUT2D eigenvalue weighted by Gasteiger charge is -2.09. The van der Waals surface area contributed by atoms with Gasteiger partial charge in [-0.15, -0.1) is 35.3 Å². The van der Waals surface area contributed by atoms with Crippen LogP contribution in [0.1, 0.15) is 21.0 Å². The summed E-state index contributed by atoms with van der Waals surface area (Å²) >= 11 is 1.78. The Bertz CT molecular complexity index is 855. The summed E-state index contributed by atoms with van der Waals surface area (Å²) in [7, 11) is 1.76. The highest BCUT2D eigenvalue weighted by molar-refractivity contribution is 14.0. The molecule has 26 heavy (non-hydrogen) atoms. The van der Waals surface area contributed by atoms with Gasteiger partial charge < -0.3 is 15.1 Å². The number of aliphatic imine (C=N–C) groups is 1. The van der Waals surface area contributed by atoms with Gasteiger partial charge in [-0.1, -0.05) is 17.7 Å². The standard InChI is InChI=1S/C19H22N4OS.HI/c1-13-4-7-15(8-5-13)18-23-16(12-24-18)10-21-19(20-3)22-11-17-9-6-14(2)25-17;/h4-9,12H,10-11H2,1-3H3,(H2,20,21,22);1H. The van der Waals surface area contributed by atoms with Gasteiger partial charge in [-0.25, -0.2) is 4.98 Å². The molecule has 0 saturated carbocycles. The molecule has 0 radical (unpaired) electrons. The van der Waals surface area contributed by atoms with Gasteiger partial charge in [-0.2, -0.15) is 0 Å². The maximum atomic E-state index is 5.58. The Morgan fingerprint density at radius 1 is 1.08 bits per heavy atom. The molecule has 2 N–H and O–H groups in total. The summed E-state index contributed by atoms with van der Waals surface area (Å²) < 4.78 is 5.58. The Morgan fingerprint density at radius 2 is 1.81 bits per heavy atom. The average Bonchev–Trinajstić information content (AvgIpc) is 3.25.